The van der Waals surface area contributed by atoms with Crippen LogP contribution in [0, 0.1) is 0 Å². The molecule has 1 unspecified atom stereocenters. The third kappa shape index (κ3) is 7.32. The average molecular weight is 364 g/mol. The Hall–Kier alpha value is -1.14. The van der Waals surface area contributed by atoms with Crippen LogP contribution in [-0.4, -0.2) is 29.5 Å². The number of carbonyl (C=O) groups is 1. The first-order chi connectivity index (χ1) is 11.2. The van der Waals surface area contributed by atoms with Crippen LogP contribution < -0.4 is 10.8 Å². The molecule has 25 heavy (non-hydrogen) atoms. The van der Waals surface area contributed by atoms with Gasteiger partial charge in [0.05, 0.1) is 11.6 Å². The predicted octanol–water partition coefficient (Wildman–Crippen LogP) is 4.02. The minimum Gasteiger partial charge on any atom is -0.444 e. The summed E-state index contributed by atoms with van der Waals surface area (Å²) in [6.07, 6.45) is -0.420. The Bertz CT molecular complexity index is 574. The molecule has 0 aromatic heterocycles. The van der Waals surface area contributed by atoms with Crippen LogP contribution in [0.4, 0.5) is 4.79 Å². The standard InChI is InChI=1S/C19H31BNO3S/c1-13(21-16(22)23-17(2,3)4)14-9-11-15(12-10-14)20-24-18(5,6)19(7,8)25/h9-13,25H,1-8H3,(H,21,22). The van der Waals surface area contributed by atoms with E-state index < -0.39 is 17.3 Å². The van der Waals surface area contributed by atoms with Crippen LogP contribution in [0.3, 0.4) is 0 Å². The Labute approximate surface area is 158 Å². The van der Waals surface area contributed by atoms with Crippen molar-refractivity contribution in [2.75, 3.05) is 0 Å². The molecule has 1 rings (SSSR count). The highest BCUT2D eigenvalue weighted by molar-refractivity contribution is 7.81. The fraction of sp³-hybridized carbons (Fsp3) is 0.632. The van der Waals surface area contributed by atoms with Gasteiger partial charge in [0.1, 0.15) is 5.60 Å². The summed E-state index contributed by atoms with van der Waals surface area (Å²) in [7, 11) is 1.74. The van der Waals surface area contributed by atoms with Gasteiger partial charge in [-0.15, -0.1) is 0 Å². The highest BCUT2D eigenvalue weighted by atomic mass is 32.1. The first-order valence-corrected chi connectivity index (χ1v) is 8.99. The van der Waals surface area contributed by atoms with Crippen molar-refractivity contribution in [2.45, 2.75) is 77.4 Å². The molecule has 139 valence electrons. The fourth-order valence-electron chi connectivity index (χ4n) is 1.79. The van der Waals surface area contributed by atoms with E-state index >= 15 is 0 Å². The zero-order valence-electron chi connectivity index (χ0n) is 16.6. The van der Waals surface area contributed by atoms with Gasteiger partial charge in [0.25, 0.3) is 0 Å². The smallest absolute Gasteiger partial charge is 0.408 e. The number of hydrogen-bond acceptors (Lipinski definition) is 4. The highest BCUT2D eigenvalue weighted by Crippen LogP contribution is 2.30. The molecule has 1 atom stereocenters. The molecular weight excluding hydrogens is 333 g/mol. The van der Waals surface area contributed by atoms with Gasteiger partial charge in [0.15, 0.2) is 0 Å². The van der Waals surface area contributed by atoms with Crippen molar-refractivity contribution < 1.29 is 14.2 Å². The van der Waals surface area contributed by atoms with E-state index in [4.69, 9.17) is 9.39 Å². The molecule has 0 bridgehead atoms. The van der Waals surface area contributed by atoms with Crippen molar-refractivity contribution in [1.82, 2.24) is 5.32 Å². The fourth-order valence-corrected chi connectivity index (χ4v) is 1.84. The molecule has 0 aliphatic heterocycles. The van der Waals surface area contributed by atoms with Gasteiger partial charge in [-0.05, 0) is 61.0 Å². The SMILES string of the molecule is CC(NC(=O)OC(C)(C)C)c1ccc([B]OC(C)(C)C(C)(C)S)cc1. The topological polar surface area (TPSA) is 47.6 Å². The van der Waals surface area contributed by atoms with E-state index in [1.165, 1.54) is 0 Å². The van der Waals surface area contributed by atoms with Crippen LogP contribution in [0.2, 0.25) is 0 Å². The Morgan fingerprint density at radius 1 is 1.08 bits per heavy atom. The molecule has 0 saturated heterocycles. The van der Waals surface area contributed by atoms with E-state index in [0.717, 1.165) is 11.0 Å². The maximum Gasteiger partial charge on any atom is 0.408 e. The van der Waals surface area contributed by atoms with Crippen molar-refractivity contribution in [1.29, 1.82) is 0 Å². The zero-order valence-corrected chi connectivity index (χ0v) is 17.5. The maximum absolute atomic E-state index is 11.8. The van der Waals surface area contributed by atoms with E-state index in [1.54, 1.807) is 7.48 Å². The second-order valence-electron chi connectivity index (χ2n) is 8.34. The third-order valence-corrected chi connectivity index (χ3v) is 4.67. The summed E-state index contributed by atoms with van der Waals surface area (Å²) in [6, 6.07) is 7.72. The Morgan fingerprint density at radius 3 is 2.04 bits per heavy atom. The largest absolute Gasteiger partial charge is 0.444 e. The van der Waals surface area contributed by atoms with Gasteiger partial charge in [-0.25, -0.2) is 4.79 Å². The van der Waals surface area contributed by atoms with Crippen LogP contribution in [0.25, 0.3) is 0 Å². The maximum atomic E-state index is 11.8. The number of rotatable bonds is 6. The molecule has 1 amide bonds. The molecule has 6 heteroatoms. The molecular formula is C19H31BNO3S. The first-order valence-electron chi connectivity index (χ1n) is 8.54. The van der Waals surface area contributed by atoms with E-state index in [-0.39, 0.29) is 10.8 Å². The third-order valence-electron chi connectivity index (χ3n) is 4.13. The Balaban J connectivity index is 2.63. The minimum absolute atomic E-state index is 0.141. The molecule has 1 radical (unpaired) electrons. The van der Waals surface area contributed by atoms with Crippen LogP contribution in [0.15, 0.2) is 24.3 Å². The van der Waals surface area contributed by atoms with Gasteiger partial charge >= 0.3 is 13.6 Å². The van der Waals surface area contributed by atoms with Gasteiger partial charge in [-0.2, -0.15) is 12.6 Å². The number of ether oxygens (including phenoxy) is 1. The second kappa shape index (κ2) is 8.04. The molecule has 0 aliphatic carbocycles. The van der Waals surface area contributed by atoms with E-state index in [0.29, 0.717) is 0 Å². The van der Waals surface area contributed by atoms with E-state index in [2.05, 4.69) is 17.9 Å². The second-order valence-corrected chi connectivity index (χ2v) is 9.46. The lowest BCUT2D eigenvalue weighted by atomic mass is 9.83. The molecule has 4 nitrogen and oxygen atoms in total. The van der Waals surface area contributed by atoms with Crippen molar-refractivity contribution >= 4 is 31.7 Å². The van der Waals surface area contributed by atoms with Gasteiger partial charge in [-0.1, -0.05) is 29.7 Å². The number of amides is 1. The van der Waals surface area contributed by atoms with Crippen molar-refractivity contribution in [3.63, 3.8) is 0 Å². The lowest BCUT2D eigenvalue weighted by Crippen LogP contribution is -2.45. The van der Waals surface area contributed by atoms with Crippen LogP contribution in [0.1, 0.15) is 67.0 Å². The molecule has 0 fully saturated rings. The Kier molecular flexibility index (Phi) is 7.05. The molecule has 0 saturated carbocycles. The monoisotopic (exact) mass is 364 g/mol. The van der Waals surface area contributed by atoms with Crippen LogP contribution in [-0.2, 0) is 9.39 Å². The summed E-state index contributed by atoms with van der Waals surface area (Å²) in [6.45, 7) is 15.5. The van der Waals surface area contributed by atoms with Crippen LogP contribution >= 0.6 is 12.6 Å². The molecule has 0 aliphatic rings. The summed E-state index contributed by atoms with van der Waals surface area (Å²) >= 11 is 4.59. The average Bonchev–Trinajstić information content (AvgIpc) is 2.42. The number of carbonyl (C=O) groups excluding carboxylic acids is 1. The summed E-state index contributed by atoms with van der Waals surface area (Å²) in [5, 5.41) is 2.84. The number of alkyl carbamates (subject to hydrolysis) is 1. The van der Waals surface area contributed by atoms with Gasteiger partial charge in [-0.3, -0.25) is 0 Å². The van der Waals surface area contributed by atoms with Crippen molar-refractivity contribution in [3.05, 3.63) is 29.8 Å². The highest BCUT2D eigenvalue weighted by Gasteiger charge is 2.34. The zero-order chi connectivity index (χ0) is 19.5. The number of hydrogen-bond donors (Lipinski definition) is 2. The minimum atomic E-state index is -0.506. The van der Waals surface area contributed by atoms with Crippen LogP contribution in [0.5, 0.6) is 0 Å². The molecule has 0 heterocycles. The summed E-state index contributed by atoms with van der Waals surface area (Å²) < 4.78 is 10.9. The lowest BCUT2D eigenvalue weighted by molar-refractivity contribution is 0.0508. The molecule has 1 aromatic carbocycles. The number of benzene rings is 1. The number of thiol groups is 1. The Morgan fingerprint density at radius 2 is 1.60 bits per heavy atom. The summed E-state index contributed by atoms with van der Waals surface area (Å²) in [5.41, 5.74) is 1.05. The van der Waals surface area contributed by atoms with Crippen molar-refractivity contribution in [3.8, 4) is 0 Å². The van der Waals surface area contributed by atoms with Gasteiger partial charge in [0, 0.05) is 4.75 Å². The first kappa shape index (κ1) is 21.9. The quantitative estimate of drug-likeness (QED) is 0.592. The molecule has 1 N–H and O–H groups in total. The van der Waals surface area contributed by atoms with Crippen molar-refractivity contribution in [2.24, 2.45) is 0 Å². The van der Waals surface area contributed by atoms with E-state index in [1.807, 2.05) is 79.7 Å². The summed E-state index contributed by atoms with van der Waals surface area (Å²) in [5.74, 6) is 0. The normalized spacial score (nSPS) is 14.0. The van der Waals surface area contributed by atoms with Gasteiger partial charge < -0.3 is 14.7 Å². The molecule has 1 aromatic rings. The van der Waals surface area contributed by atoms with E-state index in [9.17, 15) is 4.79 Å². The number of nitrogens with one attached hydrogen (secondary N) is 1. The van der Waals surface area contributed by atoms with Gasteiger partial charge in [0.2, 0.25) is 0 Å². The lowest BCUT2D eigenvalue weighted by Gasteiger charge is -2.38. The molecule has 0 spiro atoms. The predicted molar refractivity (Wildman–Crippen MR) is 108 cm³/mol. The summed E-state index contributed by atoms with van der Waals surface area (Å²) in [4.78, 5) is 11.8.